The van der Waals surface area contributed by atoms with Gasteiger partial charge >= 0.3 is 0 Å². The minimum absolute atomic E-state index is 0.0120. The van der Waals surface area contributed by atoms with E-state index < -0.39 is 0 Å². The third kappa shape index (κ3) is 3.72. The molecule has 0 bridgehead atoms. The molecule has 2 aliphatic rings. The van der Waals surface area contributed by atoms with Gasteiger partial charge in [0, 0.05) is 20.0 Å². The summed E-state index contributed by atoms with van der Waals surface area (Å²) < 4.78 is 0. The lowest BCUT2D eigenvalue weighted by Crippen LogP contribution is -2.34. The number of hydrogen-bond acceptors (Lipinski definition) is 4. The van der Waals surface area contributed by atoms with E-state index in [9.17, 15) is 19.2 Å². The van der Waals surface area contributed by atoms with Crippen LogP contribution in [0.4, 0.5) is 5.69 Å². The van der Waals surface area contributed by atoms with Gasteiger partial charge in [0.1, 0.15) is 0 Å². The number of aryl methyl sites for hydroxylation is 1. The van der Waals surface area contributed by atoms with Gasteiger partial charge in [0.05, 0.1) is 23.1 Å². The molecule has 1 saturated carbocycles. The summed E-state index contributed by atoms with van der Waals surface area (Å²) in [6.45, 7) is 1.88. The number of rotatable bonds is 5. The van der Waals surface area contributed by atoms with Gasteiger partial charge in [-0.1, -0.05) is 25.0 Å². The molecule has 7 heteroatoms. The molecule has 4 amide bonds. The highest BCUT2D eigenvalue weighted by Crippen LogP contribution is 2.38. The number of imide groups is 1. The van der Waals surface area contributed by atoms with Crippen molar-refractivity contribution in [2.75, 3.05) is 18.9 Å². The second-order valence-electron chi connectivity index (χ2n) is 7.20. The average Bonchev–Trinajstić information content (AvgIpc) is 2.90. The van der Waals surface area contributed by atoms with Gasteiger partial charge in [-0.15, -0.1) is 0 Å². The molecule has 2 fully saturated rings. The summed E-state index contributed by atoms with van der Waals surface area (Å²) in [6.07, 6.45) is 3.49. The largest absolute Gasteiger partial charge is 0.355 e. The van der Waals surface area contributed by atoms with Gasteiger partial charge < -0.3 is 10.6 Å². The van der Waals surface area contributed by atoms with Crippen LogP contribution in [0.25, 0.3) is 0 Å². The first kappa shape index (κ1) is 19.1. The summed E-state index contributed by atoms with van der Waals surface area (Å²) in [7, 11) is 1.53. The average molecular weight is 371 g/mol. The minimum atomic E-state index is -0.332. The van der Waals surface area contributed by atoms with Gasteiger partial charge in [0.25, 0.3) is 5.91 Å². The second kappa shape index (κ2) is 7.90. The number of amides is 4. The number of anilines is 1. The summed E-state index contributed by atoms with van der Waals surface area (Å²) in [5.41, 5.74) is 1.58. The maximum atomic E-state index is 12.5. The Kier molecular flexibility index (Phi) is 5.58. The van der Waals surface area contributed by atoms with Gasteiger partial charge in [-0.05, 0) is 31.4 Å². The molecular formula is C20H25N3O4. The van der Waals surface area contributed by atoms with E-state index >= 15 is 0 Å². The number of nitrogens with zero attached hydrogens (tertiary/aromatic N) is 1. The monoisotopic (exact) mass is 371 g/mol. The van der Waals surface area contributed by atoms with Crippen LogP contribution in [-0.2, 0) is 14.4 Å². The van der Waals surface area contributed by atoms with Crippen LogP contribution >= 0.6 is 0 Å². The number of fused-ring (bicyclic) bond motifs is 1. The summed E-state index contributed by atoms with van der Waals surface area (Å²) in [4.78, 5) is 50.6. The minimum Gasteiger partial charge on any atom is -0.355 e. The lowest BCUT2D eigenvalue weighted by Gasteiger charge is -2.19. The molecule has 27 heavy (non-hydrogen) atoms. The SMILES string of the molecule is CNC(=O)c1c(C)cccc1NC(=O)CCN1C(=O)C2CCCCC2C1=O. The smallest absolute Gasteiger partial charge is 0.253 e. The maximum absolute atomic E-state index is 12.5. The highest BCUT2D eigenvalue weighted by atomic mass is 16.2. The normalized spacial score (nSPS) is 21.8. The number of carbonyl (C=O) groups excluding carboxylic acids is 4. The van der Waals surface area contributed by atoms with Gasteiger partial charge in [-0.25, -0.2) is 0 Å². The van der Waals surface area contributed by atoms with Crippen LogP contribution in [0.3, 0.4) is 0 Å². The van der Waals surface area contributed by atoms with E-state index in [-0.39, 0.29) is 48.4 Å². The van der Waals surface area contributed by atoms with E-state index in [0.717, 1.165) is 31.2 Å². The van der Waals surface area contributed by atoms with Crippen LogP contribution in [0.2, 0.25) is 0 Å². The third-order valence-corrected chi connectivity index (χ3v) is 5.50. The van der Waals surface area contributed by atoms with E-state index in [1.807, 2.05) is 0 Å². The fourth-order valence-corrected chi connectivity index (χ4v) is 4.08. The van der Waals surface area contributed by atoms with Crippen LogP contribution in [0.1, 0.15) is 48.0 Å². The molecule has 3 rings (SSSR count). The van der Waals surface area contributed by atoms with Crippen LogP contribution in [0.15, 0.2) is 18.2 Å². The summed E-state index contributed by atoms with van der Waals surface area (Å²) in [5.74, 6) is -1.30. The molecule has 2 N–H and O–H groups in total. The van der Waals surface area contributed by atoms with E-state index in [1.54, 1.807) is 25.1 Å². The Hall–Kier alpha value is -2.70. The summed E-state index contributed by atoms with van der Waals surface area (Å²) >= 11 is 0. The molecule has 7 nitrogen and oxygen atoms in total. The zero-order valence-electron chi connectivity index (χ0n) is 15.7. The molecule has 144 valence electrons. The van der Waals surface area contributed by atoms with E-state index in [1.165, 1.54) is 11.9 Å². The molecule has 1 aromatic carbocycles. The predicted molar refractivity (Wildman–Crippen MR) is 100.0 cm³/mol. The Balaban J connectivity index is 1.64. The predicted octanol–water partition coefficient (Wildman–Crippen LogP) is 1.86. The molecule has 1 aromatic rings. The Morgan fingerprint density at radius 2 is 1.74 bits per heavy atom. The zero-order valence-corrected chi connectivity index (χ0v) is 15.7. The van der Waals surface area contributed by atoms with Crippen LogP contribution in [0.5, 0.6) is 0 Å². The molecule has 2 atom stereocenters. The van der Waals surface area contributed by atoms with Crippen molar-refractivity contribution in [2.45, 2.75) is 39.0 Å². The third-order valence-electron chi connectivity index (χ3n) is 5.50. The van der Waals surface area contributed by atoms with Gasteiger partial charge in [-0.3, -0.25) is 24.1 Å². The van der Waals surface area contributed by atoms with Crippen molar-refractivity contribution in [1.82, 2.24) is 10.2 Å². The van der Waals surface area contributed by atoms with Crippen molar-refractivity contribution in [3.63, 3.8) is 0 Å². The van der Waals surface area contributed by atoms with Gasteiger partial charge in [0.2, 0.25) is 17.7 Å². The lowest BCUT2D eigenvalue weighted by atomic mass is 9.81. The number of carbonyl (C=O) groups is 4. The number of benzene rings is 1. The molecular weight excluding hydrogens is 346 g/mol. The Morgan fingerprint density at radius 3 is 2.33 bits per heavy atom. The van der Waals surface area contributed by atoms with Gasteiger partial charge in [0.15, 0.2) is 0 Å². The number of nitrogens with one attached hydrogen (secondary N) is 2. The van der Waals surface area contributed by atoms with Crippen molar-refractivity contribution in [1.29, 1.82) is 0 Å². The van der Waals surface area contributed by atoms with Crippen molar-refractivity contribution in [3.05, 3.63) is 29.3 Å². The lowest BCUT2D eigenvalue weighted by molar-refractivity contribution is -0.140. The molecule has 0 spiro atoms. The molecule has 1 heterocycles. The number of likely N-dealkylation sites (tertiary alicyclic amines) is 1. The number of hydrogen-bond donors (Lipinski definition) is 2. The Bertz CT molecular complexity index is 765. The molecule has 1 aliphatic carbocycles. The Labute approximate surface area is 158 Å². The topological polar surface area (TPSA) is 95.6 Å². The van der Waals surface area contributed by atoms with Gasteiger partial charge in [-0.2, -0.15) is 0 Å². The standard InChI is InChI=1S/C20H25N3O4/c1-12-6-5-9-15(17(12)18(25)21-2)22-16(24)10-11-23-19(26)13-7-3-4-8-14(13)20(23)27/h5-6,9,13-14H,3-4,7-8,10-11H2,1-2H3,(H,21,25)(H,22,24). The fourth-order valence-electron chi connectivity index (χ4n) is 4.08. The van der Waals surface area contributed by atoms with E-state index in [2.05, 4.69) is 10.6 Å². The van der Waals surface area contributed by atoms with Crippen LogP contribution in [-0.4, -0.2) is 42.1 Å². The molecule has 0 aromatic heterocycles. The van der Waals surface area contributed by atoms with Crippen molar-refractivity contribution in [2.24, 2.45) is 11.8 Å². The first-order valence-corrected chi connectivity index (χ1v) is 9.40. The summed E-state index contributed by atoms with van der Waals surface area (Å²) in [6, 6.07) is 5.22. The van der Waals surface area contributed by atoms with Crippen molar-refractivity contribution >= 4 is 29.3 Å². The van der Waals surface area contributed by atoms with Crippen LogP contribution in [0, 0.1) is 18.8 Å². The molecule has 1 aliphatic heterocycles. The molecule has 0 radical (unpaired) electrons. The van der Waals surface area contributed by atoms with Crippen molar-refractivity contribution < 1.29 is 19.2 Å². The Morgan fingerprint density at radius 1 is 1.11 bits per heavy atom. The molecule has 1 saturated heterocycles. The highest BCUT2D eigenvalue weighted by molar-refractivity contribution is 6.06. The van der Waals surface area contributed by atoms with Crippen LogP contribution < -0.4 is 10.6 Å². The quantitative estimate of drug-likeness (QED) is 0.772. The highest BCUT2D eigenvalue weighted by Gasteiger charge is 2.47. The fraction of sp³-hybridized carbons (Fsp3) is 0.500. The van der Waals surface area contributed by atoms with E-state index in [0.29, 0.717) is 11.3 Å². The first-order valence-electron chi connectivity index (χ1n) is 9.40. The van der Waals surface area contributed by atoms with Crippen molar-refractivity contribution in [3.8, 4) is 0 Å². The zero-order chi connectivity index (χ0) is 19.6. The van der Waals surface area contributed by atoms with E-state index in [4.69, 9.17) is 0 Å². The first-order chi connectivity index (χ1) is 12.9. The summed E-state index contributed by atoms with van der Waals surface area (Å²) in [5, 5.41) is 5.30. The molecule has 2 unspecified atom stereocenters. The maximum Gasteiger partial charge on any atom is 0.253 e. The second-order valence-corrected chi connectivity index (χ2v) is 7.20.